The summed E-state index contributed by atoms with van der Waals surface area (Å²) >= 11 is 0. The molecule has 0 radical (unpaired) electrons. The van der Waals surface area contributed by atoms with Crippen LogP contribution in [0.2, 0.25) is 0 Å². The number of carbonyl (C=O) groups is 1. The molecule has 122 valence electrons. The zero-order chi connectivity index (χ0) is 16.8. The summed E-state index contributed by atoms with van der Waals surface area (Å²) in [6.07, 6.45) is 0.278. The van der Waals surface area contributed by atoms with Gasteiger partial charge in [-0.3, -0.25) is 4.79 Å². The summed E-state index contributed by atoms with van der Waals surface area (Å²) in [4.78, 5) is 14.4. The van der Waals surface area contributed by atoms with Crippen molar-refractivity contribution in [2.75, 3.05) is 6.54 Å². The van der Waals surface area contributed by atoms with Gasteiger partial charge in [0.2, 0.25) is 5.91 Å². The Morgan fingerprint density at radius 2 is 1.70 bits per heavy atom. The molecule has 2 aromatic rings. The molecule has 0 fully saturated rings. The van der Waals surface area contributed by atoms with Crippen molar-refractivity contribution in [3.05, 3.63) is 59.7 Å². The Balaban J connectivity index is 2.12. The molecule has 0 aliphatic carbocycles. The zero-order valence-corrected chi connectivity index (χ0v) is 13.6. The maximum atomic E-state index is 12.6. The SMILES string of the molecule is CC(C)CN(Cc1ccccc1O)C(=O)Cc1ccc(O)cc1. The maximum Gasteiger partial charge on any atom is 0.227 e. The summed E-state index contributed by atoms with van der Waals surface area (Å²) in [5.41, 5.74) is 1.60. The molecule has 2 N–H and O–H groups in total. The van der Waals surface area contributed by atoms with Crippen LogP contribution >= 0.6 is 0 Å². The van der Waals surface area contributed by atoms with Crippen molar-refractivity contribution >= 4 is 5.91 Å². The molecule has 0 atom stereocenters. The molecule has 0 saturated carbocycles. The lowest BCUT2D eigenvalue weighted by Crippen LogP contribution is -2.34. The minimum Gasteiger partial charge on any atom is -0.508 e. The van der Waals surface area contributed by atoms with E-state index in [1.807, 2.05) is 12.1 Å². The van der Waals surface area contributed by atoms with Crippen molar-refractivity contribution in [1.29, 1.82) is 0 Å². The van der Waals surface area contributed by atoms with E-state index in [9.17, 15) is 15.0 Å². The zero-order valence-electron chi connectivity index (χ0n) is 13.6. The average Bonchev–Trinajstić information content (AvgIpc) is 2.50. The third kappa shape index (κ3) is 5.02. The van der Waals surface area contributed by atoms with E-state index in [0.29, 0.717) is 19.0 Å². The van der Waals surface area contributed by atoms with E-state index in [0.717, 1.165) is 11.1 Å². The summed E-state index contributed by atoms with van der Waals surface area (Å²) in [5, 5.41) is 19.3. The molecule has 2 rings (SSSR count). The normalized spacial score (nSPS) is 10.7. The second-order valence-electron chi connectivity index (χ2n) is 6.14. The van der Waals surface area contributed by atoms with Gasteiger partial charge in [0.15, 0.2) is 0 Å². The number of phenolic OH excluding ortho intramolecular Hbond substituents is 2. The van der Waals surface area contributed by atoms with E-state index in [1.165, 1.54) is 0 Å². The number of phenols is 2. The fourth-order valence-electron chi connectivity index (χ4n) is 2.45. The van der Waals surface area contributed by atoms with Crippen LogP contribution in [0.3, 0.4) is 0 Å². The second-order valence-corrected chi connectivity index (χ2v) is 6.14. The molecule has 1 amide bonds. The van der Waals surface area contributed by atoms with Crippen molar-refractivity contribution in [2.24, 2.45) is 5.92 Å². The lowest BCUT2D eigenvalue weighted by atomic mass is 10.1. The van der Waals surface area contributed by atoms with Crippen LogP contribution < -0.4 is 0 Å². The molecule has 0 aliphatic rings. The predicted octanol–water partition coefficient (Wildman–Crippen LogP) is 3.33. The van der Waals surface area contributed by atoms with Gasteiger partial charge in [0.25, 0.3) is 0 Å². The van der Waals surface area contributed by atoms with Gasteiger partial charge in [-0.05, 0) is 29.7 Å². The first-order valence-corrected chi connectivity index (χ1v) is 7.78. The van der Waals surface area contributed by atoms with E-state index < -0.39 is 0 Å². The molecule has 4 nitrogen and oxygen atoms in total. The summed E-state index contributed by atoms with van der Waals surface area (Å²) < 4.78 is 0. The van der Waals surface area contributed by atoms with Crippen LogP contribution in [0.4, 0.5) is 0 Å². The van der Waals surface area contributed by atoms with Crippen LogP contribution in [0.1, 0.15) is 25.0 Å². The van der Waals surface area contributed by atoms with E-state index in [-0.39, 0.29) is 23.8 Å². The predicted molar refractivity (Wildman–Crippen MR) is 90.2 cm³/mol. The molecule has 0 unspecified atom stereocenters. The van der Waals surface area contributed by atoms with Crippen LogP contribution in [0.25, 0.3) is 0 Å². The molecular formula is C19H23NO3. The number of hydrogen-bond acceptors (Lipinski definition) is 3. The second kappa shape index (κ2) is 7.68. The molecular weight excluding hydrogens is 290 g/mol. The average molecular weight is 313 g/mol. The Morgan fingerprint density at radius 1 is 1.04 bits per heavy atom. The number of benzene rings is 2. The Bertz CT molecular complexity index is 650. The monoisotopic (exact) mass is 313 g/mol. The Hall–Kier alpha value is -2.49. The number of amides is 1. The lowest BCUT2D eigenvalue weighted by Gasteiger charge is -2.25. The highest BCUT2D eigenvalue weighted by atomic mass is 16.3. The summed E-state index contributed by atoms with van der Waals surface area (Å²) in [6, 6.07) is 13.7. The molecule has 0 bridgehead atoms. The van der Waals surface area contributed by atoms with Gasteiger partial charge in [0.1, 0.15) is 11.5 Å². The number of nitrogens with zero attached hydrogens (tertiary/aromatic N) is 1. The molecule has 0 spiro atoms. The number of para-hydroxylation sites is 1. The molecule has 0 heterocycles. The Labute approximate surface area is 137 Å². The van der Waals surface area contributed by atoms with Crippen molar-refractivity contribution < 1.29 is 15.0 Å². The highest BCUT2D eigenvalue weighted by Crippen LogP contribution is 2.19. The van der Waals surface area contributed by atoms with Crippen LogP contribution in [0.15, 0.2) is 48.5 Å². The van der Waals surface area contributed by atoms with Crippen LogP contribution in [0.5, 0.6) is 11.5 Å². The highest BCUT2D eigenvalue weighted by Gasteiger charge is 2.17. The third-order valence-electron chi connectivity index (χ3n) is 3.58. The third-order valence-corrected chi connectivity index (χ3v) is 3.58. The first kappa shape index (κ1) is 16.9. The number of rotatable bonds is 6. The van der Waals surface area contributed by atoms with E-state index in [1.54, 1.807) is 41.3 Å². The smallest absolute Gasteiger partial charge is 0.227 e. The van der Waals surface area contributed by atoms with Gasteiger partial charge in [0.05, 0.1) is 6.42 Å². The summed E-state index contributed by atoms with van der Waals surface area (Å²) in [5.74, 6) is 0.741. The molecule has 0 saturated heterocycles. The van der Waals surface area contributed by atoms with Crippen molar-refractivity contribution in [3.8, 4) is 11.5 Å². The van der Waals surface area contributed by atoms with Gasteiger partial charge in [-0.15, -0.1) is 0 Å². The fraction of sp³-hybridized carbons (Fsp3) is 0.316. The molecule has 2 aromatic carbocycles. The highest BCUT2D eigenvalue weighted by molar-refractivity contribution is 5.79. The van der Waals surface area contributed by atoms with Crippen LogP contribution in [-0.4, -0.2) is 27.6 Å². The Morgan fingerprint density at radius 3 is 2.30 bits per heavy atom. The standard InChI is InChI=1S/C19H23NO3/c1-14(2)12-20(13-16-5-3-4-6-18(16)22)19(23)11-15-7-9-17(21)10-8-15/h3-10,14,21-22H,11-13H2,1-2H3. The molecule has 0 aromatic heterocycles. The molecule has 23 heavy (non-hydrogen) atoms. The Kier molecular flexibility index (Phi) is 5.63. The van der Waals surface area contributed by atoms with Gasteiger partial charge < -0.3 is 15.1 Å². The van der Waals surface area contributed by atoms with Gasteiger partial charge >= 0.3 is 0 Å². The van der Waals surface area contributed by atoms with Crippen molar-refractivity contribution in [1.82, 2.24) is 4.90 Å². The summed E-state index contributed by atoms with van der Waals surface area (Å²) in [6.45, 7) is 5.14. The quantitative estimate of drug-likeness (QED) is 0.860. The fourth-order valence-corrected chi connectivity index (χ4v) is 2.45. The first-order chi connectivity index (χ1) is 11.0. The van der Waals surface area contributed by atoms with Crippen LogP contribution in [-0.2, 0) is 17.8 Å². The topological polar surface area (TPSA) is 60.8 Å². The largest absolute Gasteiger partial charge is 0.508 e. The number of hydrogen-bond donors (Lipinski definition) is 2. The van der Waals surface area contributed by atoms with Crippen LogP contribution in [0, 0.1) is 5.92 Å². The van der Waals surface area contributed by atoms with E-state index in [2.05, 4.69) is 13.8 Å². The lowest BCUT2D eigenvalue weighted by molar-refractivity contribution is -0.131. The summed E-state index contributed by atoms with van der Waals surface area (Å²) in [7, 11) is 0. The van der Waals surface area contributed by atoms with E-state index >= 15 is 0 Å². The van der Waals surface area contributed by atoms with Gasteiger partial charge in [-0.2, -0.15) is 0 Å². The maximum absolute atomic E-state index is 12.6. The van der Waals surface area contributed by atoms with Gasteiger partial charge in [-0.25, -0.2) is 0 Å². The molecule has 4 heteroatoms. The number of carbonyl (C=O) groups excluding carboxylic acids is 1. The van der Waals surface area contributed by atoms with E-state index in [4.69, 9.17) is 0 Å². The number of aromatic hydroxyl groups is 2. The molecule has 0 aliphatic heterocycles. The van der Waals surface area contributed by atoms with Crippen molar-refractivity contribution in [2.45, 2.75) is 26.8 Å². The minimum atomic E-state index is 0.00708. The van der Waals surface area contributed by atoms with Gasteiger partial charge in [0, 0.05) is 18.7 Å². The van der Waals surface area contributed by atoms with Gasteiger partial charge in [-0.1, -0.05) is 44.2 Å². The minimum absolute atomic E-state index is 0.00708. The first-order valence-electron chi connectivity index (χ1n) is 7.78. The van der Waals surface area contributed by atoms with Crippen molar-refractivity contribution in [3.63, 3.8) is 0 Å².